The van der Waals surface area contributed by atoms with Gasteiger partial charge in [0.05, 0.1) is 75.7 Å². The topological polar surface area (TPSA) is 74.7 Å². The van der Waals surface area contributed by atoms with Crippen molar-refractivity contribution >= 4 is 49.3 Å². The highest BCUT2D eigenvalue weighted by atomic mass is 15.0. The van der Waals surface area contributed by atoms with Crippen molar-refractivity contribution in [3.8, 4) is 45.8 Å². The number of nitriles is 2. The third-order valence-electron chi connectivity index (χ3n) is 9.51. The maximum atomic E-state index is 10.4. The molecule has 9 aromatic rings. The van der Waals surface area contributed by atoms with Crippen LogP contribution < -0.4 is 0 Å². The van der Waals surface area contributed by atoms with Crippen LogP contribution in [0.2, 0.25) is 0 Å². The van der Waals surface area contributed by atoms with Crippen LogP contribution in [0, 0.1) is 29.2 Å². The summed E-state index contributed by atoms with van der Waals surface area (Å²) in [5.41, 5.74) is 10.8. The van der Waals surface area contributed by atoms with Crippen LogP contribution in [-0.4, -0.2) is 14.1 Å². The molecule has 50 heavy (non-hydrogen) atoms. The summed E-state index contributed by atoms with van der Waals surface area (Å²) in [5, 5.41) is 24.6. The van der Waals surface area contributed by atoms with E-state index in [9.17, 15) is 10.5 Å². The smallest absolute Gasteiger partial charge is 0.187 e. The fourth-order valence-corrected chi connectivity index (χ4v) is 7.29. The van der Waals surface area contributed by atoms with Gasteiger partial charge in [0.25, 0.3) is 0 Å². The summed E-state index contributed by atoms with van der Waals surface area (Å²) in [6.45, 7) is 7.39. The fraction of sp³-hybridized carbons (Fsp3) is 0. The number of para-hydroxylation sites is 2. The minimum absolute atomic E-state index is 0.543. The number of hydrogen-bond acceptors (Lipinski definition) is 3. The minimum Gasteiger partial charge on any atom is -0.307 e. The van der Waals surface area contributed by atoms with Crippen molar-refractivity contribution in [3.05, 3.63) is 168 Å². The Balaban J connectivity index is 1.43. The number of benzene rings is 6. The number of pyridine rings is 1. The molecule has 230 valence electrons. The lowest BCUT2D eigenvalue weighted by atomic mass is 9.97. The van der Waals surface area contributed by atoms with E-state index in [4.69, 9.17) is 11.6 Å². The SMILES string of the molecule is [C-]#[N+]c1ccc(-c2ccc3c4ccccc4n(-c4cncc(-n5c6ccccc6c6ccc(C#N)cc65)c4-c4ccccc4C#N)c3c2)cc1. The molecule has 3 heterocycles. The number of fused-ring (bicyclic) bond motifs is 6. The molecule has 0 atom stereocenters. The van der Waals surface area contributed by atoms with Gasteiger partial charge in [0.15, 0.2) is 5.69 Å². The van der Waals surface area contributed by atoms with Gasteiger partial charge in [-0.25, -0.2) is 4.85 Å². The predicted octanol–water partition coefficient (Wildman–Crippen LogP) is 10.9. The molecule has 0 spiro atoms. The average Bonchev–Trinajstić information content (AvgIpc) is 3.69. The summed E-state index contributed by atoms with van der Waals surface area (Å²) in [5.74, 6) is 0. The zero-order chi connectivity index (χ0) is 33.8. The standard InChI is InChI=1S/C44H24N6/c1-47-32-18-15-29(16-19-32)30-17-21-37-35-11-5-7-13-39(35)50(41(37)23-30)43-27-48-26-42(44(43)33-9-3-2-8-31(33)25-46)49-38-12-6-4-10-34(38)36-20-14-28(24-45)22-40(36)49/h2-23,26-27H. The zero-order valence-electron chi connectivity index (χ0n) is 26.5. The van der Waals surface area contributed by atoms with Crippen LogP contribution in [0.1, 0.15) is 11.1 Å². The Labute approximate surface area is 287 Å². The Morgan fingerprint density at radius 2 is 1.10 bits per heavy atom. The van der Waals surface area contributed by atoms with Crippen LogP contribution >= 0.6 is 0 Å². The second kappa shape index (κ2) is 11.4. The maximum absolute atomic E-state index is 10.4. The Morgan fingerprint density at radius 1 is 0.540 bits per heavy atom. The van der Waals surface area contributed by atoms with Gasteiger partial charge in [-0.1, -0.05) is 97.1 Å². The van der Waals surface area contributed by atoms with E-state index in [2.05, 4.69) is 74.6 Å². The number of rotatable bonds is 4. The van der Waals surface area contributed by atoms with Crippen molar-refractivity contribution in [2.45, 2.75) is 0 Å². The molecule has 0 aliphatic carbocycles. The van der Waals surface area contributed by atoms with Crippen molar-refractivity contribution in [1.29, 1.82) is 10.5 Å². The van der Waals surface area contributed by atoms with E-state index in [0.29, 0.717) is 16.8 Å². The lowest BCUT2D eigenvalue weighted by molar-refractivity contribution is 1.09. The summed E-state index contributed by atoms with van der Waals surface area (Å²) in [6, 6.07) is 48.9. The molecule has 0 aliphatic heterocycles. The van der Waals surface area contributed by atoms with Crippen LogP contribution in [0.25, 0.3) is 82.1 Å². The Morgan fingerprint density at radius 3 is 1.74 bits per heavy atom. The molecule has 0 aliphatic rings. The summed E-state index contributed by atoms with van der Waals surface area (Å²) < 4.78 is 4.42. The van der Waals surface area contributed by atoms with Gasteiger partial charge in [0.1, 0.15) is 0 Å². The van der Waals surface area contributed by atoms with E-state index in [1.807, 2.05) is 97.3 Å². The molecule has 6 nitrogen and oxygen atoms in total. The van der Waals surface area contributed by atoms with Gasteiger partial charge < -0.3 is 9.13 Å². The van der Waals surface area contributed by atoms with E-state index in [1.54, 1.807) is 0 Å². The quantitative estimate of drug-likeness (QED) is 0.180. The molecular weight excluding hydrogens is 613 g/mol. The first kappa shape index (κ1) is 28.7. The van der Waals surface area contributed by atoms with Crippen LogP contribution in [0.15, 0.2) is 146 Å². The summed E-state index contributed by atoms with van der Waals surface area (Å²) in [6.07, 6.45) is 3.74. The van der Waals surface area contributed by atoms with Gasteiger partial charge >= 0.3 is 0 Å². The van der Waals surface area contributed by atoms with Gasteiger partial charge in [-0.2, -0.15) is 10.5 Å². The molecule has 0 unspecified atom stereocenters. The monoisotopic (exact) mass is 636 g/mol. The summed E-state index contributed by atoms with van der Waals surface area (Å²) >= 11 is 0. The molecule has 0 N–H and O–H groups in total. The van der Waals surface area contributed by atoms with E-state index in [0.717, 1.165) is 77.2 Å². The average molecular weight is 637 g/mol. The number of hydrogen-bond donors (Lipinski definition) is 0. The molecule has 0 saturated carbocycles. The van der Waals surface area contributed by atoms with Gasteiger partial charge in [-0.05, 0) is 47.5 Å². The Bertz CT molecular complexity index is 2960. The first-order valence-electron chi connectivity index (χ1n) is 16.1. The van der Waals surface area contributed by atoms with E-state index < -0.39 is 0 Å². The first-order valence-corrected chi connectivity index (χ1v) is 16.1. The second-order valence-electron chi connectivity index (χ2n) is 12.1. The van der Waals surface area contributed by atoms with Crippen molar-refractivity contribution in [2.75, 3.05) is 0 Å². The normalized spacial score (nSPS) is 11.1. The molecular formula is C44H24N6. The zero-order valence-corrected chi connectivity index (χ0v) is 26.5. The van der Waals surface area contributed by atoms with Crippen molar-refractivity contribution in [3.63, 3.8) is 0 Å². The van der Waals surface area contributed by atoms with Crippen molar-refractivity contribution < 1.29 is 0 Å². The third-order valence-corrected chi connectivity index (χ3v) is 9.51. The molecule has 0 radical (unpaired) electrons. The van der Waals surface area contributed by atoms with Crippen molar-refractivity contribution in [1.82, 2.24) is 14.1 Å². The first-order chi connectivity index (χ1) is 24.7. The van der Waals surface area contributed by atoms with E-state index >= 15 is 0 Å². The largest absolute Gasteiger partial charge is 0.307 e. The number of aromatic nitrogens is 3. The fourth-order valence-electron chi connectivity index (χ4n) is 7.29. The van der Waals surface area contributed by atoms with Gasteiger partial charge in [0, 0.05) is 32.7 Å². The maximum Gasteiger partial charge on any atom is 0.187 e. The molecule has 3 aromatic heterocycles. The van der Waals surface area contributed by atoms with Crippen LogP contribution in [0.4, 0.5) is 5.69 Å². The van der Waals surface area contributed by atoms with E-state index in [1.165, 1.54) is 0 Å². The lowest BCUT2D eigenvalue weighted by Crippen LogP contribution is -2.05. The predicted molar refractivity (Wildman–Crippen MR) is 199 cm³/mol. The van der Waals surface area contributed by atoms with Gasteiger partial charge in [-0.15, -0.1) is 0 Å². The molecule has 0 amide bonds. The van der Waals surface area contributed by atoms with Crippen LogP contribution in [0.5, 0.6) is 0 Å². The molecule has 0 saturated heterocycles. The van der Waals surface area contributed by atoms with Crippen molar-refractivity contribution in [2.24, 2.45) is 0 Å². The van der Waals surface area contributed by atoms with Gasteiger partial charge in [-0.3, -0.25) is 4.98 Å². The summed E-state index contributed by atoms with van der Waals surface area (Å²) in [7, 11) is 0. The Kier molecular flexibility index (Phi) is 6.53. The third kappa shape index (κ3) is 4.29. The highest BCUT2D eigenvalue weighted by Crippen LogP contribution is 2.43. The molecule has 6 heteroatoms. The highest BCUT2D eigenvalue weighted by molar-refractivity contribution is 6.12. The molecule has 0 bridgehead atoms. The Hall–Kier alpha value is -7.46. The van der Waals surface area contributed by atoms with Gasteiger partial charge in [0.2, 0.25) is 0 Å². The van der Waals surface area contributed by atoms with E-state index in [-0.39, 0.29) is 0 Å². The molecule has 6 aromatic carbocycles. The molecule has 9 rings (SSSR count). The highest BCUT2D eigenvalue weighted by Gasteiger charge is 2.24. The second-order valence-corrected chi connectivity index (χ2v) is 12.1. The lowest BCUT2D eigenvalue weighted by Gasteiger charge is -2.20. The van der Waals surface area contributed by atoms with Crippen LogP contribution in [0.3, 0.4) is 0 Å². The minimum atomic E-state index is 0.543. The number of nitrogens with zero attached hydrogens (tertiary/aromatic N) is 6. The molecule has 0 fully saturated rings. The van der Waals surface area contributed by atoms with Crippen LogP contribution in [-0.2, 0) is 0 Å². The summed E-state index contributed by atoms with van der Waals surface area (Å²) in [4.78, 5) is 8.46.